The Morgan fingerprint density at radius 1 is 1.38 bits per heavy atom. The third kappa shape index (κ3) is 3.88. The predicted octanol–water partition coefficient (Wildman–Crippen LogP) is 1.45. The normalized spacial score (nSPS) is 19.1. The van der Waals surface area contributed by atoms with E-state index in [-0.39, 0.29) is 18.4 Å². The minimum atomic E-state index is -3.48. The molecule has 3 rings (SSSR count). The van der Waals surface area contributed by atoms with E-state index in [0.717, 1.165) is 37.0 Å². The first-order valence-electron chi connectivity index (χ1n) is 7.07. The van der Waals surface area contributed by atoms with Crippen LogP contribution in [-0.4, -0.2) is 27.6 Å². The van der Waals surface area contributed by atoms with Gasteiger partial charge in [-0.2, -0.15) is 0 Å². The molecule has 0 aromatic heterocycles. The fraction of sp³-hybridized carbons (Fsp3) is 0.571. The second kappa shape index (κ2) is 6.52. The summed E-state index contributed by atoms with van der Waals surface area (Å²) >= 11 is 0. The van der Waals surface area contributed by atoms with E-state index in [4.69, 9.17) is 10.5 Å². The molecule has 0 radical (unpaired) electrons. The molecule has 118 valence electrons. The summed E-state index contributed by atoms with van der Waals surface area (Å²) in [7, 11) is -3.48. The molecule has 1 aliphatic carbocycles. The fourth-order valence-corrected chi connectivity index (χ4v) is 3.61. The maximum atomic E-state index is 12.3. The van der Waals surface area contributed by atoms with Gasteiger partial charge in [0, 0.05) is 12.6 Å². The molecular formula is C14H21ClN2O3S. The molecule has 1 unspecified atom stereocenters. The van der Waals surface area contributed by atoms with E-state index in [1.54, 1.807) is 18.2 Å². The van der Waals surface area contributed by atoms with Gasteiger partial charge >= 0.3 is 0 Å². The maximum Gasteiger partial charge on any atom is 0.240 e. The highest BCUT2D eigenvalue weighted by Crippen LogP contribution is 2.31. The third-order valence-electron chi connectivity index (χ3n) is 3.93. The number of benzene rings is 1. The lowest BCUT2D eigenvalue weighted by Gasteiger charge is -2.18. The topological polar surface area (TPSA) is 81.4 Å². The number of fused-ring (bicyclic) bond motifs is 1. The standard InChI is InChI=1S/C14H20N2O3S.ClH/c15-13(10-3-4-10)9-16-20(17,18)12-5-6-14-11(8-12)2-1-7-19-14;/h5-6,8,10,13,16H,1-4,7,9,15H2;1H. The van der Waals surface area contributed by atoms with Crippen molar-refractivity contribution in [1.82, 2.24) is 4.72 Å². The Morgan fingerprint density at radius 2 is 2.14 bits per heavy atom. The number of ether oxygens (including phenoxy) is 1. The molecule has 1 fully saturated rings. The summed E-state index contributed by atoms with van der Waals surface area (Å²) in [6, 6.07) is 4.96. The number of rotatable bonds is 5. The Labute approximate surface area is 131 Å². The minimum absolute atomic E-state index is 0. The zero-order chi connectivity index (χ0) is 14.2. The van der Waals surface area contributed by atoms with Crippen LogP contribution in [0.1, 0.15) is 24.8 Å². The Balaban J connectivity index is 0.00000161. The summed E-state index contributed by atoms with van der Waals surface area (Å²) in [6.45, 7) is 1.01. The Morgan fingerprint density at radius 3 is 2.86 bits per heavy atom. The highest BCUT2D eigenvalue weighted by molar-refractivity contribution is 7.89. The van der Waals surface area contributed by atoms with Crippen LogP contribution in [0.4, 0.5) is 0 Å². The molecule has 2 aliphatic rings. The first kappa shape index (κ1) is 16.5. The summed E-state index contributed by atoms with van der Waals surface area (Å²) in [5.74, 6) is 1.28. The number of halogens is 1. The molecule has 3 N–H and O–H groups in total. The van der Waals surface area contributed by atoms with Crippen LogP contribution in [-0.2, 0) is 16.4 Å². The molecule has 1 aromatic rings. The van der Waals surface area contributed by atoms with E-state index in [9.17, 15) is 8.42 Å². The summed E-state index contributed by atoms with van der Waals surface area (Å²) < 4.78 is 32.6. The van der Waals surface area contributed by atoms with Crippen molar-refractivity contribution in [3.05, 3.63) is 23.8 Å². The van der Waals surface area contributed by atoms with Gasteiger partial charge in [0.15, 0.2) is 0 Å². The lowest BCUT2D eigenvalue weighted by Crippen LogP contribution is -2.38. The quantitative estimate of drug-likeness (QED) is 0.855. The first-order chi connectivity index (χ1) is 9.56. The van der Waals surface area contributed by atoms with Gasteiger partial charge < -0.3 is 10.5 Å². The second-order valence-electron chi connectivity index (χ2n) is 5.57. The summed E-state index contributed by atoms with van der Waals surface area (Å²) in [5.41, 5.74) is 6.89. The molecule has 5 nitrogen and oxygen atoms in total. The van der Waals surface area contributed by atoms with Crippen LogP contribution in [0.15, 0.2) is 23.1 Å². The van der Waals surface area contributed by atoms with Crippen molar-refractivity contribution in [2.24, 2.45) is 11.7 Å². The molecule has 1 atom stereocenters. The van der Waals surface area contributed by atoms with Crippen molar-refractivity contribution in [2.75, 3.05) is 13.2 Å². The van der Waals surface area contributed by atoms with E-state index in [1.165, 1.54) is 0 Å². The van der Waals surface area contributed by atoms with Crippen LogP contribution in [0, 0.1) is 5.92 Å². The average Bonchev–Trinajstić information content (AvgIpc) is 3.29. The van der Waals surface area contributed by atoms with Crippen LogP contribution in [0.2, 0.25) is 0 Å². The van der Waals surface area contributed by atoms with Gasteiger partial charge in [0.2, 0.25) is 10.0 Å². The molecule has 21 heavy (non-hydrogen) atoms. The summed E-state index contributed by atoms with van der Waals surface area (Å²) in [4.78, 5) is 0.296. The second-order valence-corrected chi connectivity index (χ2v) is 7.34. The molecule has 0 spiro atoms. The smallest absolute Gasteiger partial charge is 0.240 e. The van der Waals surface area contributed by atoms with E-state index in [0.29, 0.717) is 24.0 Å². The van der Waals surface area contributed by atoms with Crippen molar-refractivity contribution >= 4 is 22.4 Å². The van der Waals surface area contributed by atoms with Gasteiger partial charge in [-0.25, -0.2) is 13.1 Å². The van der Waals surface area contributed by atoms with Crippen molar-refractivity contribution in [3.63, 3.8) is 0 Å². The number of aryl methyl sites for hydroxylation is 1. The van der Waals surface area contributed by atoms with E-state index < -0.39 is 10.0 Å². The molecule has 1 saturated carbocycles. The van der Waals surface area contributed by atoms with Crippen LogP contribution in [0.25, 0.3) is 0 Å². The van der Waals surface area contributed by atoms with E-state index in [1.807, 2.05) is 0 Å². The van der Waals surface area contributed by atoms with Crippen LogP contribution < -0.4 is 15.2 Å². The maximum absolute atomic E-state index is 12.3. The minimum Gasteiger partial charge on any atom is -0.493 e. The van der Waals surface area contributed by atoms with Crippen molar-refractivity contribution in [1.29, 1.82) is 0 Å². The van der Waals surface area contributed by atoms with Gasteiger partial charge in [-0.3, -0.25) is 0 Å². The molecule has 1 aromatic carbocycles. The number of hydrogen-bond donors (Lipinski definition) is 2. The Kier molecular flexibility index (Phi) is 5.14. The average molecular weight is 333 g/mol. The first-order valence-corrected chi connectivity index (χ1v) is 8.55. The van der Waals surface area contributed by atoms with Gasteiger partial charge in [-0.1, -0.05) is 0 Å². The molecule has 1 aliphatic heterocycles. The number of nitrogens with one attached hydrogen (secondary N) is 1. The monoisotopic (exact) mass is 332 g/mol. The van der Waals surface area contributed by atoms with Crippen molar-refractivity contribution < 1.29 is 13.2 Å². The largest absolute Gasteiger partial charge is 0.493 e. The summed E-state index contributed by atoms with van der Waals surface area (Å²) in [5, 5.41) is 0. The van der Waals surface area contributed by atoms with Gasteiger partial charge in [0.05, 0.1) is 11.5 Å². The van der Waals surface area contributed by atoms with Crippen LogP contribution in [0.5, 0.6) is 5.75 Å². The zero-order valence-corrected chi connectivity index (χ0v) is 13.4. The summed E-state index contributed by atoms with van der Waals surface area (Å²) in [6.07, 6.45) is 4.01. The van der Waals surface area contributed by atoms with E-state index in [2.05, 4.69) is 4.72 Å². The third-order valence-corrected chi connectivity index (χ3v) is 5.35. The fourth-order valence-electron chi connectivity index (χ4n) is 2.48. The molecular weight excluding hydrogens is 312 g/mol. The highest BCUT2D eigenvalue weighted by Gasteiger charge is 2.29. The lowest BCUT2D eigenvalue weighted by molar-refractivity contribution is 0.288. The predicted molar refractivity (Wildman–Crippen MR) is 83.4 cm³/mol. The molecule has 0 amide bonds. The van der Waals surface area contributed by atoms with Gasteiger partial charge in [0.1, 0.15) is 5.75 Å². The Bertz CT molecular complexity index is 602. The molecule has 0 saturated heterocycles. The number of nitrogens with two attached hydrogens (primary N) is 1. The molecule has 7 heteroatoms. The Hall–Kier alpha value is -0.820. The van der Waals surface area contributed by atoms with Gasteiger partial charge in [-0.05, 0) is 55.4 Å². The van der Waals surface area contributed by atoms with E-state index >= 15 is 0 Å². The van der Waals surface area contributed by atoms with Crippen molar-refractivity contribution in [2.45, 2.75) is 36.6 Å². The SMILES string of the molecule is Cl.NC(CNS(=O)(=O)c1ccc2c(c1)CCCO2)C1CC1. The lowest BCUT2D eigenvalue weighted by atomic mass is 10.1. The molecule has 1 heterocycles. The van der Waals surface area contributed by atoms with Crippen molar-refractivity contribution in [3.8, 4) is 5.75 Å². The highest BCUT2D eigenvalue weighted by atomic mass is 35.5. The van der Waals surface area contributed by atoms with Gasteiger partial charge in [-0.15, -0.1) is 12.4 Å². The molecule has 0 bridgehead atoms. The number of hydrogen-bond acceptors (Lipinski definition) is 4. The number of sulfonamides is 1. The van der Waals surface area contributed by atoms with Crippen LogP contribution in [0.3, 0.4) is 0 Å². The van der Waals surface area contributed by atoms with Crippen LogP contribution >= 0.6 is 12.4 Å². The zero-order valence-electron chi connectivity index (χ0n) is 11.7. The van der Waals surface area contributed by atoms with Gasteiger partial charge in [0.25, 0.3) is 0 Å².